The maximum atomic E-state index is 12.3. The molecule has 0 aliphatic rings. The van der Waals surface area contributed by atoms with Crippen molar-refractivity contribution in [2.75, 3.05) is 12.3 Å². The molecule has 2 amide bonds. The Kier molecular flexibility index (Phi) is 3.89. The van der Waals surface area contributed by atoms with Crippen molar-refractivity contribution in [2.45, 2.75) is 13.3 Å². The Hall–Kier alpha value is -2.56. The van der Waals surface area contributed by atoms with Gasteiger partial charge < -0.3 is 16.8 Å². The first-order chi connectivity index (χ1) is 9.56. The molecule has 0 spiro atoms. The number of nitrogens with two attached hydrogens (primary N) is 2. The van der Waals surface area contributed by atoms with E-state index in [1.54, 1.807) is 12.1 Å². The van der Waals surface area contributed by atoms with Crippen molar-refractivity contribution in [3.63, 3.8) is 0 Å². The molecule has 2 aromatic carbocycles. The van der Waals surface area contributed by atoms with Gasteiger partial charge in [-0.15, -0.1) is 0 Å². The van der Waals surface area contributed by atoms with E-state index in [1.165, 1.54) is 6.07 Å². The van der Waals surface area contributed by atoms with Gasteiger partial charge in [-0.1, -0.05) is 31.2 Å². The van der Waals surface area contributed by atoms with Gasteiger partial charge in [0, 0.05) is 17.6 Å². The van der Waals surface area contributed by atoms with Crippen molar-refractivity contribution >= 4 is 28.3 Å². The molecule has 5 N–H and O–H groups in total. The Labute approximate surface area is 116 Å². The third-order valence-corrected chi connectivity index (χ3v) is 3.10. The van der Waals surface area contributed by atoms with Gasteiger partial charge in [0.05, 0.1) is 11.1 Å². The molecule has 0 heterocycles. The highest BCUT2D eigenvalue weighted by atomic mass is 16.2. The summed E-state index contributed by atoms with van der Waals surface area (Å²) >= 11 is 0. The molecule has 0 radical (unpaired) electrons. The van der Waals surface area contributed by atoms with Crippen LogP contribution in [-0.4, -0.2) is 18.4 Å². The minimum atomic E-state index is -0.663. The predicted molar refractivity (Wildman–Crippen MR) is 79.5 cm³/mol. The van der Waals surface area contributed by atoms with Crippen molar-refractivity contribution in [3.8, 4) is 0 Å². The molecule has 2 aromatic rings. The third kappa shape index (κ3) is 2.42. The van der Waals surface area contributed by atoms with Gasteiger partial charge in [-0.25, -0.2) is 0 Å². The maximum Gasteiger partial charge on any atom is 0.252 e. The molecule has 5 nitrogen and oxygen atoms in total. The maximum absolute atomic E-state index is 12.3. The molecule has 0 aliphatic heterocycles. The van der Waals surface area contributed by atoms with Crippen molar-refractivity contribution in [1.82, 2.24) is 5.32 Å². The molecule has 20 heavy (non-hydrogen) atoms. The minimum absolute atomic E-state index is 0.148. The number of hydrogen-bond acceptors (Lipinski definition) is 3. The van der Waals surface area contributed by atoms with Crippen LogP contribution in [0, 0.1) is 0 Å². The molecule has 0 aromatic heterocycles. The SMILES string of the molecule is CCCNC(=O)c1c(C(N)=O)cc(N)c2ccccc12. The second kappa shape index (κ2) is 5.61. The van der Waals surface area contributed by atoms with Gasteiger partial charge in [0.2, 0.25) is 5.91 Å². The number of amides is 2. The number of hydrogen-bond donors (Lipinski definition) is 3. The van der Waals surface area contributed by atoms with Crippen LogP contribution in [0.5, 0.6) is 0 Å². The van der Waals surface area contributed by atoms with Crippen LogP contribution in [0.3, 0.4) is 0 Å². The molecule has 0 fully saturated rings. The topological polar surface area (TPSA) is 98.2 Å². The Balaban J connectivity index is 2.71. The zero-order valence-electron chi connectivity index (χ0n) is 11.3. The quantitative estimate of drug-likeness (QED) is 0.737. The van der Waals surface area contributed by atoms with Crippen molar-refractivity contribution in [2.24, 2.45) is 5.73 Å². The van der Waals surface area contributed by atoms with Crippen molar-refractivity contribution < 1.29 is 9.59 Å². The van der Waals surface area contributed by atoms with Crippen LogP contribution in [0.1, 0.15) is 34.1 Å². The smallest absolute Gasteiger partial charge is 0.252 e. The van der Waals surface area contributed by atoms with E-state index < -0.39 is 5.91 Å². The van der Waals surface area contributed by atoms with Crippen LogP contribution < -0.4 is 16.8 Å². The van der Waals surface area contributed by atoms with Crippen LogP contribution in [0.15, 0.2) is 30.3 Å². The molecule has 5 heteroatoms. The molecule has 0 saturated heterocycles. The van der Waals surface area contributed by atoms with E-state index in [1.807, 2.05) is 19.1 Å². The lowest BCUT2D eigenvalue weighted by Gasteiger charge is -2.13. The summed E-state index contributed by atoms with van der Waals surface area (Å²) in [6.07, 6.45) is 0.810. The largest absolute Gasteiger partial charge is 0.398 e. The standard InChI is InChI=1S/C15H17N3O2/c1-2-7-18-15(20)13-10-6-4-3-5-9(10)12(16)8-11(13)14(17)19/h3-6,8H,2,7,16H2,1H3,(H2,17,19)(H,18,20). The summed E-state index contributed by atoms with van der Waals surface area (Å²) in [6.45, 7) is 2.49. The molecule has 0 bridgehead atoms. The van der Waals surface area contributed by atoms with E-state index in [4.69, 9.17) is 11.5 Å². The zero-order valence-corrected chi connectivity index (χ0v) is 11.3. The van der Waals surface area contributed by atoms with Crippen LogP contribution in [0.2, 0.25) is 0 Å². The molecule has 0 atom stereocenters. The number of benzene rings is 2. The lowest BCUT2D eigenvalue weighted by molar-refractivity contribution is 0.0938. The number of nitrogens with one attached hydrogen (secondary N) is 1. The van der Waals surface area contributed by atoms with Gasteiger partial charge in [0.15, 0.2) is 0 Å². The fourth-order valence-corrected chi connectivity index (χ4v) is 2.17. The first-order valence-corrected chi connectivity index (χ1v) is 6.45. The first-order valence-electron chi connectivity index (χ1n) is 6.45. The van der Waals surface area contributed by atoms with Gasteiger partial charge >= 0.3 is 0 Å². The third-order valence-electron chi connectivity index (χ3n) is 3.10. The van der Waals surface area contributed by atoms with E-state index in [-0.39, 0.29) is 17.0 Å². The lowest BCUT2D eigenvalue weighted by atomic mass is 9.96. The van der Waals surface area contributed by atoms with E-state index in [0.717, 1.165) is 11.8 Å². The molecule has 104 valence electrons. The highest BCUT2D eigenvalue weighted by molar-refractivity contribution is 6.17. The summed E-state index contributed by atoms with van der Waals surface area (Å²) in [5.41, 5.74) is 12.2. The fourth-order valence-electron chi connectivity index (χ4n) is 2.17. The molecular formula is C15H17N3O2. The summed E-state index contributed by atoms with van der Waals surface area (Å²) < 4.78 is 0. The summed E-state index contributed by atoms with van der Waals surface area (Å²) in [7, 11) is 0. The number of fused-ring (bicyclic) bond motifs is 1. The van der Waals surface area contributed by atoms with Gasteiger partial charge in [0.25, 0.3) is 5.91 Å². The minimum Gasteiger partial charge on any atom is -0.398 e. The average molecular weight is 271 g/mol. The number of anilines is 1. The highest BCUT2D eigenvalue weighted by Crippen LogP contribution is 2.28. The summed E-state index contributed by atoms with van der Waals surface area (Å²) in [5, 5.41) is 4.14. The Morgan fingerprint density at radius 3 is 2.45 bits per heavy atom. The number of nitrogen functional groups attached to an aromatic ring is 1. The summed E-state index contributed by atoms with van der Waals surface area (Å²) in [4.78, 5) is 23.9. The van der Waals surface area contributed by atoms with Gasteiger partial charge in [-0.2, -0.15) is 0 Å². The van der Waals surface area contributed by atoms with Crippen LogP contribution >= 0.6 is 0 Å². The lowest BCUT2D eigenvalue weighted by Crippen LogP contribution is -2.28. The average Bonchev–Trinajstić information content (AvgIpc) is 2.44. The van der Waals surface area contributed by atoms with Gasteiger partial charge in [0.1, 0.15) is 0 Å². The normalized spacial score (nSPS) is 10.4. The fraction of sp³-hybridized carbons (Fsp3) is 0.200. The first kappa shape index (κ1) is 13.9. The van der Waals surface area contributed by atoms with E-state index in [2.05, 4.69) is 5.32 Å². The van der Waals surface area contributed by atoms with Crippen molar-refractivity contribution in [3.05, 3.63) is 41.5 Å². The zero-order chi connectivity index (χ0) is 14.7. The van der Waals surface area contributed by atoms with E-state index >= 15 is 0 Å². The highest BCUT2D eigenvalue weighted by Gasteiger charge is 2.19. The summed E-state index contributed by atoms with van der Waals surface area (Å²) in [6, 6.07) is 8.66. The van der Waals surface area contributed by atoms with Crippen LogP contribution in [0.25, 0.3) is 10.8 Å². The van der Waals surface area contributed by atoms with E-state index in [9.17, 15) is 9.59 Å². The number of carbonyl (C=O) groups excluding carboxylic acids is 2. The molecule has 0 saturated carbocycles. The van der Waals surface area contributed by atoms with Crippen LogP contribution in [0.4, 0.5) is 5.69 Å². The Morgan fingerprint density at radius 1 is 1.20 bits per heavy atom. The molecule has 2 rings (SSSR count). The Bertz CT molecular complexity index is 680. The van der Waals surface area contributed by atoms with Crippen LogP contribution in [-0.2, 0) is 0 Å². The van der Waals surface area contributed by atoms with Gasteiger partial charge in [-0.05, 0) is 17.9 Å². The second-order valence-corrected chi connectivity index (χ2v) is 4.55. The predicted octanol–water partition coefficient (Wildman–Crippen LogP) is 1.66. The monoisotopic (exact) mass is 271 g/mol. The molecule has 0 aliphatic carbocycles. The second-order valence-electron chi connectivity index (χ2n) is 4.55. The van der Waals surface area contributed by atoms with E-state index in [0.29, 0.717) is 17.6 Å². The number of carbonyl (C=O) groups is 2. The molecular weight excluding hydrogens is 254 g/mol. The van der Waals surface area contributed by atoms with Gasteiger partial charge in [-0.3, -0.25) is 9.59 Å². The van der Waals surface area contributed by atoms with Crippen molar-refractivity contribution in [1.29, 1.82) is 0 Å². The Morgan fingerprint density at radius 2 is 1.85 bits per heavy atom. The number of primary amides is 1. The summed E-state index contributed by atoms with van der Waals surface area (Å²) in [5.74, 6) is -0.971. The molecule has 0 unspecified atom stereocenters. The number of rotatable bonds is 4.